The molecule has 1 aliphatic heterocycles. The van der Waals surface area contributed by atoms with Crippen molar-refractivity contribution in [3.8, 4) is 0 Å². The quantitative estimate of drug-likeness (QED) is 0.588. The minimum atomic E-state index is -3.85. The minimum absolute atomic E-state index is 0.0220. The lowest BCUT2D eigenvalue weighted by atomic mass is 10.1. The third-order valence-electron chi connectivity index (χ3n) is 3.62. The van der Waals surface area contributed by atoms with Gasteiger partial charge in [-0.25, -0.2) is 4.79 Å². The maximum Gasteiger partial charge on any atom is 0.351 e. The standard InChI is InChI=1S/C13H19BrF2N3O6P/c1-3-23-26(22,24-4-2)6-8-9(20)13(15,16)11(25-8)19-5-7(14)10(17)18-12(19)21/h5,8-9,11,20H,3-4,6H2,1-2H3,(H2,17,18,21)/t8-,9-,11-/m1/s1. The number of nitrogens with zero attached hydrogens (tertiary/aromatic N) is 2. The largest absolute Gasteiger partial charge is 0.384 e. The third kappa shape index (κ3) is 4.15. The fourth-order valence-electron chi connectivity index (χ4n) is 2.50. The number of hydrogen-bond donors (Lipinski definition) is 2. The van der Waals surface area contributed by atoms with Gasteiger partial charge in [-0.2, -0.15) is 13.8 Å². The molecule has 0 radical (unpaired) electrons. The Morgan fingerprint density at radius 2 is 2.04 bits per heavy atom. The van der Waals surface area contributed by atoms with Gasteiger partial charge in [0.1, 0.15) is 18.0 Å². The molecule has 0 unspecified atom stereocenters. The molecule has 1 fully saturated rings. The summed E-state index contributed by atoms with van der Waals surface area (Å²) in [5, 5.41) is 9.98. The molecule has 0 aromatic carbocycles. The van der Waals surface area contributed by atoms with Gasteiger partial charge in [0.05, 0.1) is 23.8 Å². The Kier molecular flexibility index (Phi) is 6.57. The van der Waals surface area contributed by atoms with Gasteiger partial charge in [0.15, 0.2) is 0 Å². The van der Waals surface area contributed by atoms with Crippen LogP contribution in [0.25, 0.3) is 0 Å². The van der Waals surface area contributed by atoms with E-state index < -0.39 is 43.8 Å². The summed E-state index contributed by atoms with van der Waals surface area (Å²) in [5.74, 6) is -4.03. The number of hydrogen-bond acceptors (Lipinski definition) is 8. The molecule has 3 atom stereocenters. The number of aromatic nitrogens is 2. The highest BCUT2D eigenvalue weighted by atomic mass is 79.9. The first kappa shape index (κ1) is 21.4. The van der Waals surface area contributed by atoms with Crippen molar-refractivity contribution in [2.75, 3.05) is 25.1 Å². The van der Waals surface area contributed by atoms with Crippen molar-refractivity contribution in [1.29, 1.82) is 0 Å². The Hall–Kier alpha value is -0.910. The maximum atomic E-state index is 14.5. The van der Waals surface area contributed by atoms with Crippen LogP contribution in [0.15, 0.2) is 15.5 Å². The number of halogens is 3. The highest BCUT2D eigenvalue weighted by Gasteiger charge is 2.61. The van der Waals surface area contributed by atoms with E-state index in [-0.39, 0.29) is 23.5 Å². The average Bonchev–Trinajstić information content (AvgIpc) is 2.75. The summed E-state index contributed by atoms with van der Waals surface area (Å²) in [4.78, 5) is 15.3. The monoisotopic (exact) mass is 461 g/mol. The molecule has 0 spiro atoms. The van der Waals surface area contributed by atoms with E-state index in [2.05, 4.69) is 20.9 Å². The molecule has 0 bridgehead atoms. The van der Waals surface area contributed by atoms with Crippen LogP contribution in [0.5, 0.6) is 0 Å². The molecule has 148 valence electrons. The Morgan fingerprint density at radius 1 is 1.46 bits per heavy atom. The van der Waals surface area contributed by atoms with Crippen LogP contribution in [0.3, 0.4) is 0 Å². The summed E-state index contributed by atoms with van der Waals surface area (Å²) in [5.41, 5.74) is 4.36. The second kappa shape index (κ2) is 7.99. The van der Waals surface area contributed by atoms with Gasteiger partial charge in [0, 0.05) is 6.20 Å². The average molecular weight is 462 g/mol. The van der Waals surface area contributed by atoms with Crippen LogP contribution in [0.4, 0.5) is 14.6 Å². The van der Waals surface area contributed by atoms with Crippen LogP contribution in [0, 0.1) is 0 Å². The predicted molar refractivity (Wildman–Crippen MR) is 91.2 cm³/mol. The van der Waals surface area contributed by atoms with E-state index in [1.54, 1.807) is 13.8 Å². The second-order valence-corrected chi connectivity index (χ2v) is 8.40. The molecule has 1 aromatic heterocycles. The molecule has 2 rings (SSSR count). The second-order valence-electron chi connectivity index (χ2n) is 5.44. The summed E-state index contributed by atoms with van der Waals surface area (Å²) >= 11 is 2.99. The van der Waals surface area contributed by atoms with E-state index in [0.29, 0.717) is 4.57 Å². The number of aliphatic hydroxyl groups is 1. The van der Waals surface area contributed by atoms with Crippen LogP contribution in [-0.2, 0) is 18.3 Å². The zero-order valence-corrected chi connectivity index (χ0v) is 16.5. The van der Waals surface area contributed by atoms with Crippen molar-refractivity contribution in [2.45, 2.75) is 38.2 Å². The Balaban J connectivity index is 2.34. The molecule has 9 nitrogen and oxygen atoms in total. The van der Waals surface area contributed by atoms with E-state index in [0.717, 1.165) is 6.20 Å². The first-order valence-electron chi connectivity index (χ1n) is 7.69. The zero-order valence-electron chi connectivity index (χ0n) is 14.0. The van der Waals surface area contributed by atoms with Crippen molar-refractivity contribution in [2.24, 2.45) is 0 Å². The Morgan fingerprint density at radius 3 is 2.58 bits per heavy atom. The number of nitrogens with two attached hydrogens (primary N) is 1. The normalized spacial score (nSPS) is 25.5. The van der Waals surface area contributed by atoms with Crippen LogP contribution >= 0.6 is 23.5 Å². The molecule has 26 heavy (non-hydrogen) atoms. The lowest BCUT2D eigenvalue weighted by Crippen LogP contribution is -2.42. The molecule has 13 heteroatoms. The number of anilines is 1. The molecule has 1 aromatic rings. The topological polar surface area (TPSA) is 126 Å². The van der Waals surface area contributed by atoms with Crippen LogP contribution in [-0.4, -0.2) is 52.2 Å². The van der Waals surface area contributed by atoms with Crippen molar-refractivity contribution in [3.63, 3.8) is 0 Å². The lowest BCUT2D eigenvalue weighted by Gasteiger charge is -2.22. The number of nitrogen functional groups attached to an aromatic ring is 1. The van der Waals surface area contributed by atoms with Crippen LogP contribution in [0.1, 0.15) is 20.1 Å². The van der Waals surface area contributed by atoms with Gasteiger partial charge in [0.2, 0.25) is 6.23 Å². The molecule has 1 saturated heterocycles. The van der Waals surface area contributed by atoms with E-state index in [4.69, 9.17) is 19.5 Å². The van der Waals surface area contributed by atoms with Gasteiger partial charge in [-0.1, -0.05) is 0 Å². The van der Waals surface area contributed by atoms with E-state index >= 15 is 0 Å². The summed E-state index contributed by atoms with van der Waals surface area (Å²) in [6.07, 6.45) is -5.67. The highest BCUT2D eigenvalue weighted by molar-refractivity contribution is 9.10. The number of alkyl halides is 2. The van der Waals surface area contributed by atoms with Crippen molar-refractivity contribution in [3.05, 3.63) is 21.2 Å². The predicted octanol–water partition coefficient (Wildman–Crippen LogP) is 1.75. The van der Waals surface area contributed by atoms with Gasteiger partial charge >= 0.3 is 19.2 Å². The molecule has 0 amide bonds. The fourth-order valence-corrected chi connectivity index (χ4v) is 4.61. The van der Waals surface area contributed by atoms with Crippen LogP contribution in [0.2, 0.25) is 0 Å². The van der Waals surface area contributed by atoms with Gasteiger partial charge < -0.3 is 24.6 Å². The summed E-state index contributed by atoms with van der Waals surface area (Å²) in [7, 11) is -3.76. The van der Waals surface area contributed by atoms with Gasteiger partial charge in [0.25, 0.3) is 0 Å². The number of aliphatic hydroxyl groups excluding tert-OH is 1. The zero-order chi connectivity index (χ0) is 19.7. The molecule has 3 N–H and O–H groups in total. The Labute approximate surface area is 156 Å². The SMILES string of the molecule is CCOP(=O)(C[C@H]1O[C@@H](n2cc(Br)c(N)nc2=O)C(F)(F)[C@@H]1O)OCC. The molecule has 1 aliphatic rings. The van der Waals surface area contributed by atoms with Gasteiger partial charge in [-0.15, -0.1) is 0 Å². The van der Waals surface area contributed by atoms with Gasteiger partial charge in [-0.05, 0) is 29.8 Å². The van der Waals surface area contributed by atoms with Crippen LogP contribution < -0.4 is 11.4 Å². The number of ether oxygens (including phenoxy) is 1. The summed E-state index contributed by atoms with van der Waals surface area (Å²) < 4.78 is 57.4. The minimum Gasteiger partial charge on any atom is -0.384 e. The molecule has 0 saturated carbocycles. The summed E-state index contributed by atoms with van der Waals surface area (Å²) in [6.45, 7) is 3.17. The molecule has 2 heterocycles. The van der Waals surface area contributed by atoms with E-state index in [1.807, 2.05) is 0 Å². The summed E-state index contributed by atoms with van der Waals surface area (Å²) in [6, 6.07) is 0. The van der Waals surface area contributed by atoms with E-state index in [1.165, 1.54) is 0 Å². The van der Waals surface area contributed by atoms with Crippen molar-refractivity contribution < 1.29 is 32.2 Å². The highest BCUT2D eigenvalue weighted by Crippen LogP contribution is 2.53. The van der Waals surface area contributed by atoms with Gasteiger partial charge in [-0.3, -0.25) is 9.13 Å². The smallest absolute Gasteiger partial charge is 0.351 e. The first-order chi connectivity index (χ1) is 12.1. The third-order valence-corrected chi connectivity index (χ3v) is 6.34. The van der Waals surface area contributed by atoms with Crippen molar-refractivity contribution >= 4 is 29.3 Å². The first-order valence-corrected chi connectivity index (χ1v) is 10.2. The Bertz CT molecular complexity index is 754. The van der Waals surface area contributed by atoms with E-state index in [9.17, 15) is 23.2 Å². The molecule has 0 aliphatic carbocycles. The lowest BCUT2D eigenvalue weighted by molar-refractivity contribution is -0.140. The number of rotatable bonds is 7. The van der Waals surface area contributed by atoms with Crippen molar-refractivity contribution in [1.82, 2.24) is 9.55 Å². The molecular weight excluding hydrogens is 443 g/mol. The molecular formula is C13H19BrF2N3O6P. The fraction of sp³-hybridized carbons (Fsp3) is 0.692. The maximum absolute atomic E-state index is 14.5.